The SMILES string of the molecule is CC1CCC(CC2CCC(N3C(=O)C4C5C(=O)N(C)C(=O)C5C4C3=O)CC2)CC1.CNC(=O)C1C(C(=O)O)C(C(=O)O)C1C(=O)NC1CCC(CC2CCC(C)CC2)CC1.NC1CCC(CC2CCC(N)CC2)CC1.O=C1OC(=O)C2C1C1C(=O)OC(=O)C21. The van der Waals surface area contributed by atoms with E-state index in [9.17, 15) is 67.7 Å². The van der Waals surface area contributed by atoms with Gasteiger partial charge in [-0.1, -0.05) is 65.2 Å². The van der Waals surface area contributed by atoms with Crippen molar-refractivity contribution in [1.29, 1.82) is 0 Å². The fourth-order valence-electron chi connectivity index (χ4n) is 18.8. The summed E-state index contributed by atoms with van der Waals surface area (Å²) in [6.07, 6.45) is 33.0. The van der Waals surface area contributed by atoms with Crippen molar-refractivity contribution >= 4 is 71.3 Å². The minimum atomic E-state index is -1.39. The summed E-state index contributed by atoms with van der Waals surface area (Å²) in [5.41, 5.74) is 11.9. The summed E-state index contributed by atoms with van der Waals surface area (Å²) in [6.45, 7) is 4.68. The van der Waals surface area contributed by atoms with Gasteiger partial charge in [0.05, 0.1) is 71.0 Å². The Morgan fingerprint density at radius 1 is 0.416 bits per heavy atom. The van der Waals surface area contributed by atoms with Gasteiger partial charge in [0.1, 0.15) is 0 Å². The number of hydrogen-bond donors (Lipinski definition) is 6. The third-order valence-corrected chi connectivity index (χ3v) is 24.3. The smallest absolute Gasteiger partial charge is 0.318 e. The van der Waals surface area contributed by atoms with Crippen LogP contribution in [0.3, 0.4) is 0 Å². The number of carbonyl (C=O) groups is 12. The Bertz CT molecular complexity index is 2570. The molecule has 8 atom stereocenters. The number of aliphatic carboxylic acids is 2. The van der Waals surface area contributed by atoms with Crippen molar-refractivity contribution in [2.24, 2.45) is 130 Å². The number of ether oxygens (including phenoxy) is 2. The number of nitrogens with zero attached hydrogens (tertiary/aromatic N) is 2. The number of carboxylic acid groups (broad SMARTS) is 2. The number of rotatable bonds is 12. The first-order chi connectivity index (χ1) is 42.4. The molecule has 492 valence electrons. The van der Waals surface area contributed by atoms with Crippen LogP contribution < -0.4 is 22.1 Å². The van der Waals surface area contributed by atoms with Crippen LogP contribution in [-0.4, -0.2) is 130 Å². The van der Waals surface area contributed by atoms with Crippen molar-refractivity contribution in [2.45, 2.75) is 211 Å². The Hall–Kier alpha value is -5.64. The molecule has 9 saturated carbocycles. The Morgan fingerprint density at radius 3 is 1.03 bits per heavy atom. The molecule has 0 aromatic heterocycles. The number of hydrogen-bond acceptors (Lipinski definition) is 16. The first kappa shape index (κ1) is 66.3. The van der Waals surface area contributed by atoms with Crippen molar-refractivity contribution in [3.8, 4) is 0 Å². The standard InChI is InChI=1S/C23H36N2O6.C23H32N2O4.C13H26N2.C8H4O6/c1-12-3-5-13(6-4-12)11-14-7-9-15(10-8-14)25-21(27)17-16(20(26)24-2)18(22(28)29)19(17)23(30)31;1-12-3-5-13(6-4-12)11-14-7-9-15(10-8-14)25-22(28)18-16-17(19(18)23(25)29)21(27)24(2)20(16)26;14-12-5-1-10(2-6-12)9-11-3-7-13(15)8-4-11;9-5-1-2(6(10)13-5)4-3(1)7(11)14-8(4)12/h12-19H,3-11H2,1-2H3,(H,24,26)(H,25,27)(H,28,29)(H,30,31);12-19H,3-11H2,1-2H3;10-13H,1-9,14-15H2;1-4H. The molecule has 4 aliphatic heterocycles. The molecule has 8 N–H and O–H groups in total. The molecule has 0 aromatic carbocycles. The van der Waals surface area contributed by atoms with Crippen molar-refractivity contribution in [3.63, 3.8) is 0 Å². The molecular formula is C67H98N6O16. The molecular weight excluding hydrogens is 1140 g/mol. The molecule has 9 aliphatic carbocycles. The van der Waals surface area contributed by atoms with E-state index < -0.39 is 119 Å². The maximum absolute atomic E-state index is 13.0. The quantitative estimate of drug-likeness (QED) is 0.0750. The molecule has 6 amide bonds. The molecule has 8 unspecified atom stereocenters. The zero-order valence-electron chi connectivity index (χ0n) is 52.6. The average molecular weight is 1240 g/mol. The number of cyclic esters (lactones) is 4. The summed E-state index contributed by atoms with van der Waals surface area (Å²) >= 11 is 0. The number of nitrogens with one attached hydrogen (secondary N) is 2. The van der Waals surface area contributed by atoms with Gasteiger partial charge in [-0.3, -0.25) is 67.3 Å². The predicted octanol–water partition coefficient (Wildman–Crippen LogP) is 5.92. The van der Waals surface area contributed by atoms with Crippen molar-refractivity contribution in [2.75, 3.05) is 14.1 Å². The van der Waals surface area contributed by atoms with Crippen molar-refractivity contribution in [3.05, 3.63) is 0 Å². The summed E-state index contributed by atoms with van der Waals surface area (Å²) in [7, 11) is 2.82. The van der Waals surface area contributed by atoms with E-state index in [-0.39, 0.29) is 35.7 Å². The number of nitrogens with two attached hydrogens (primary N) is 2. The normalized spacial score (nSPS) is 41.9. The minimum Gasteiger partial charge on any atom is -0.481 e. The summed E-state index contributed by atoms with van der Waals surface area (Å²) in [5.74, 6) is -11.5. The Morgan fingerprint density at radius 2 is 0.708 bits per heavy atom. The van der Waals surface area contributed by atoms with E-state index in [1.54, 1.807) is 0 Å². The van der Waals surface area contributed by atoms with Crippen LogP contribution in [0.25, 0.3) is 0 Å². The molecule has 22 heteroatoms. The zero-order chi connectivity index (χ0) is 63.9. The first-order valence-electron chi connectivity index (χ1n) is 34.1. The molecule has 0 aromatic rings. The summed E-state index contributed by atoms with van der Waals surface area (Å²) < 4.78 is 8.69. The second-order valence-corrected chi connectivity index (χ2v) is 29.8. The van der Waals surface area contributed by atoms with Gasteiger partial charge in [-0.25, -0.2) is 0 Å². The highest BCUT2D eigenvalue weighted by Crippen LogP contribution is 2.58. The van der Waals surface area contributed by atoms with Crippen LogP contribution in [0.2, 0.25) is 0 Å². The van der Waals surface area contributed by atoms with Crippen LogP contribution in [0.5, 0.6) is 0 Å². The molecule has 13 rings (SSSR count). The fraction of sp³-hybridized carbons (Fsp3) is 0.821. The predicted molar refractivity (Wildman–Crippen MR) is 319 cm³/mol. The highest BCUT2D eigenvalue weighted by molar-refractivity contribution is 6.18. The lowest BCUT2D eigenvalue weighted by Crippen LogP contribution is -2.64. The number of carbonyl (C=O) groups excluding carboxylic acids is 10. The lowest BCUT2D eigenvalue weighted by atomic mass is 9.55. The van der Waals surface area contributed by atoms with Crippen molar-refractivity contribution < 1.29 is 77.2 Å². The van der Waals surface area contributed by atoms with Gasteiger partial charge in [0, 0.05) is 38.3 Å². The zero-order valence-corrected chi connectivity index (χ0v) is 52.6. The van der Waals surface area contributed by atoms with Crippen LogP contribution in [0.15, 0.2) is 0 Å². The van der Waals surface area contributed by atoms with E-state index in [0.717, 1.165) is 91.8 Å². The molecule has 13 aliphatic rings. The summed E-state index contributed by atoms with van der Waals surface area (Å²) in [4.78, 5) is 146. The highest BCUT2D eigenvalue weighted by Gasteiger charge is 2.74. The second kappa shape index (κ2) is 28.1. The van der Waals surface area contributed by atoms with Crippen LogP contribution in [-0.2, 0) is 67.0 Å². The van der Waals surface area contributed by atoms with Crippen LogP contribution in [0.4, 0.5) is 0 Å². The molecule has 0 radical (unpaired) electrons. The van der Waals surface area contributed by atoms with Crippen molar-refractivity contribution in [1.82, 2.24) is 20.4 Å². The number of likely N-dealkylation sites (tertiary alicyclic amines) is 2. The van der Waals surface area contributed by atoms with Gasteiger partial charge < -0.3 is 41.8 Å². The number of carboxylic acids is 2. The average Bonchev–Trinajstić information content (AvgIpc) is 1.58. The summed E-state index contributed by atoms with van der Waals surface area (Å²) in [6, 6.07) is 0.924. The lowest BCUT2D eigenvalue weighted by molar-refractivity contribution is -0.181. The van der Waals surface area contributed by atoms with Gasteiger partial charge in [0.25, 0.3) is 0 Å². The maximum atomic E-state index is 13.0. The van der Waals surface area contributed by atoms with Crippen LogP contribution >= 0.6 is 0 Å². The fourth-order valence-corrected chi connectivity index (χ4v) is 18.8. The number of esters is 4. The lowest BCUT2D eigenvalue weighted by Gasteiger charge is -2.45. The number of fused-ring (bicyclic) bond motifs is 8. The molecule has 13 fully saturated rings. The van der Waals surface area contributed by atoms with Crippen LogP contribution in [0.1, 0.15) is 187 Å². The van der Waals surface area contributed by atoms with Gasteiger partial charge in [-0.2, -0.15) is 0 Å². The molecule has 0 bridgehead atoms. The molecule has 4 heterocycles. The largest absolute Gasteiger partial charge is 0.481 e. The molecule has 89 heavy (non-hydrogen) atoms. The van der Waals surface area contributed by atoms with E-state index in [2.05, 4.69) is 34.0 Å². The van der Waals surface area contributed by atoms with Crippen LogP contribution in [0, 0.1) is 118 Å². The third kappa shape index (κ3) is 13.8. The Balaban J connectivity index is 0.000000138. The van der Waals surface area contributed by atoms with Gasteiger partial charge in [-0.05, 0) is 169 Å². The van der Waals surface area contributed by atoms with E-state index in [1.807, 2.05) is 0 Å². The topological polar surface area (TPSA) is 346 Å². The van der Waals surface area contributed by atoms with Gasteiger partial charge in [0.2, 0.25) is 35.4 Å². The highest BCUT2D eigenvalue weighted by atomic mass is 16.6. The number of amides is 6. The Kier molecular flexibility index (Phi) is 20.9. The maximum Gasteiger partial charge on any atom is 0.318 e. The minimum absolute atomic E-state index is 0.0353. The first-order valence-corrected chi connectivity index (χ1v) is 34.1. The van der Waals surface area contributed by atoms with E-state index in [1.165, 1.54) is 141 Å². The van der Waals surface area contributed by atoms with Gasteiger partial charge in [-0.15, -0.1) is 0 Å². The van der Waals surface area contributed by atoms with E-state index in [4.69, 9.17) is 11.5 Å². The molecule has 22 nitrogen and oxygen atoms in total. The third-order valence-electron chi connectivity index (χ3n) is 24.3. The second-order valence-electron chi connectivity index (χ2n) is 29.8. The summed E-state index contributed by atoms with van der Waals surface area (Å²) in [5, 5.41) is 24.2. The Labute approximate surface area is 522 Å². The molecule has 4 saturated heterocycles. The van der Waals surface area contributed by atoms with Gasteiger partial charge in [0.15, 0.2) is 0 Å². The van der Waals surface area contributed by atoms with Gasteiger partial charge >= 0.3 is 35.8 Å². The number of imide groups is 2. The van der Waals surface area contributed by atoms with E-state index >= 15 is 0 Å². The molecule has 0 spiro atoms. The van der Waals surface area contributed by atoms with E-state index in [0.29, 0.717) is 23.9 Å². The monoisotopic (exact) mass is 1240 g/mol.